The van der Waals surface area contributed by atoms with E-state index in [-0.39, 0.29) is 24.7 Å². The lowest BCUT2D eigenvalue weighted by molar-refractivity contribution is 0.199. The molecule has 1 aromatic carbocycles. The van der Waals surface area contributed by atoms with Crippen LogP contribution in [-0.4, -0.2) is 22.3 Å². The number of carbonyl (C=O) groups excluding carboxylic acids is 1. The van der Waals surface area contributed by atoms with Crippen LogP contribution in [0.4, 0.5) is 4.79 Å². The molecule has 1 aliphatic heterocycles. The van der Waals surface area contributed by atoms with Gasteiger partial charge in [0.25, 0.3) is 0 Å². The van der Waals surface area contributed by atoms with Crippen LogP contribution in [0.5, 0.6) is 5.75 Å². The first kappa shape index (κ1) is 14.0. The molecule has 7 heteroatoms. The number of ether oxygens (including phenoxy) is 1. The van der Waals surface area contributed by atoms with Gasteiger partial charge in [-0.25, -0.2) is 4.79 Å². The van der Waals surface area contributed by atoms with Crippen molar-refractivity contribution in [3.63, 3.8) is 0 Å². The maximum absolute atomic E-state index is 12.1. The van der Waals surface area contributed by atoms with E-state index in [0.717, 1.165) is 24.2 Å². The van der Waals surface area contributed by atoms with Gasteiger partial charge in [0.2, 0.25) is 5.89 Å². The van der Waals surface area contributed by atoms with Crippen LogP contribution in [-0.2, 0) is 6.54 Å². The minimum Gasteiger partial charge on any atom is -0.488 e. The quantitative estimate of drug-likeness (QED) is 0.903. The van der Waals surface area contributed by atoms with E-state index in [1.165, 1.54) is 0 Å². The van der Waals surface area contributed by atoms with Crippen LogP contribution in [0.1, 0.15) is 49.0 Å². The largest absolute Gasteiger partial charge is 0.488 e. The number of para-hydroxylation sites is 1. The highest BCUT2D eigenvalue weighted by atomic mass is 16.5. The van der Waals surface area contributed by atoms with Gasteiger partial charge in [-0.15, -0.1) is 0 Å². The number of hydrogen-bond donors (Lipinski definition) is 2. The van der Waals surface area contributed by atoms with Crippen molar-refractivity contribution in [1.29, 1.82) is 0 Å². The second-order valence-corrected chi connectivity index (χ2v) is 5.99. The Morgan fingerprint density at radius 2 is 2.17 bits per heavy atom. The maximum Gasteiger partial charge on any atom is 0.315 e. The molecule has 2 aromatic rings. The Bertz CT molecular complexity index is 726. The molecule has 1 aliphatic carbocycles. The molecule has 1 aromatic heterocycles. The normalized spacial score (nSPS) is 22.3. The number of nitrogens with zero attached hydrogens (tertiary/aromatic N) is 2. The van der Waals surface area contributed by atoms with Gasteiger partial charge in [-0.2, -0.15) is 4.98 Å². The van der Waals surface area contributed by atoms with Crippen LogP contribution >= 0.6 is 0 Å². The predicted octanol–water partition coefficient (Wildman–Crippen LogP) is 2.27. The summed E-state index contributed by atoms with van der Waals surface area (Å²) in [6.07, 6.45) is 2.10. The molecule has 23 heavy (non-hydrogen) atoms. The fourth-order valence-electron chi connectivity index (χ4n) is 2.75. The van der Waals surface area contributed by atoms with Gasteiger partial charge >= 0.3 is 6.03 Å². The Labute approximate surface area is 133 Å². The molecule has 0 spiro atoms. The van der Waals surface area contributed by atoms with Gasteiger partial charge in [-0.05, 0) is 25.8 Å². The first-order valence-corrected chi connectivity index (χ1v) is 7.83. The van der Waals surface area contributed by atoms with Gasteiger partial charge < -0.3 is 19.9 Å². The molecule has 2 amide bonds. The number of fused-ring (bicyclic) bond motifs is 1. The van der Waals surface area contributed by atoms with Crippen LogP contribution < -0.4 is 15.4 Å². The minimum absolute atomic E-state index is 0.107. The first-order valence-electron chi connectivity index (χ1n) is 7.83. The number of urea groups is 1. The number of hydrogen-bond acceptors (Lipinski definition) is 5. The van der Waals surface area contributed by atoms with Crippen molar-refractivity contribution in [1.82, 2.24) is 20.8 Å². The zero-order chi connectivity index (χ0) is 15.8. The fourth-order valence-corrected chi connectivity index (χ4v) is 2.75. The number of amides is 2. The molecule has 120 valence electrons. The topological polar surface area (TPSA) is 89.3 Å². The van der Waals surface area contributed by atoms with E-state index in [4.69, 9.17) is 9.26 Å². The third-order valence-electron chi connectivity index (χ3n) is 4.14. The van der Waals surface area contributed by atoms with E-state index >= 15 is 0 Å². The summed E-state index contributed by atoms with van der Waals surface area (Å²) < 4.78 is 10.9. The van der Waals surface area contributed by atoms with Crippen molar-refractivity contribution in [3.05, 3.63) is 41.5 Å². The molecule has 7 nitrogen and oxygen atoms in total. The van der Waals surface area contributed by atoms with Crippen LogP contribution in [0.25, 0.3) is 0 Å². The van der Waals surface area contributed by atoms with Gasteiger partial charge in [-0.1, -0.05) is 23.4 Å². The Kier molecular flexibility index (Phi) is 3.40. The molecule has 0 saturated heterocycles. The number of nitrogens with one attached hydrogen (secondary N) is 2. The summed E-state index contributed by atoms with van der Waals surface area (Å²) in [5.41, 5.74) is 0.991. The third kappa shape index (κ3) is 2.86. The van der Waals surface area contributed by atoms with E-state index in [1.807, 2.05) is 31.2 Å². The molecule has 1 fully saturated rings. The van der Waals surface area contributed by atoms with Crippen LogP contribution in [0.3, 0.4) is 0 Å². The summed E-state index contributed by atoms with van der Waals surface area (Å²) in [6, 6.07) is 7.28. The lowest BCUT2D eigenvalue weighted by Crippen LogP contribution is -2.40. The van der Waals surface area contributed by atoms with E-state index in [9.17, 15) is 4.79 Å². The summed E-state index contributed by atoms with van der Waals surface area (Å²) in [7, 11) is 0. The van der Waals surface area contributed by atoms with Crippen molar-refractivity contribution in [2.75, 3.05) is 0 Å². The lowest BCUT2D eigenvalue weighted by Gasteiger charge is -2.16. The van der Waals surface area contributed by atoms with Gasteiger partial charge in [0.05, 0.1) is 12.6 Å². The zero-order valence-corrected chi connectivity index (χ0v) is 12.8. The van der Waals surface area contributed by atoms with E-state index in [2.05, 4.69) is 20.8 Å². The van der Waals surface area contributed by atoms with Crippen molar-refractivity contribution >= 4 is 6.03 Å². The fraction of sp³-hybridized carbons (Fsp3) is 0.438. The molecule has 4 rings (SSSR count). The van der Waals surface area contributed by atoms with Gasteiger partial charge in [0, 0.05) is 11.5 Å². The molecule has 1 saturated carbocycles. The highest BCUT2D eigenvalue weighted by molar-refractivity contribution is 5.74. The first-order chi connectivity index (χ1) is 11.2. The zero-order valence-electron chi connectivity index (χ0n) is 12.8. The monoisotopic (exact) mass is 314 g/mol. The Hall–Kier alpha value is -2.57. The minimum atomic E-state index is -0.278. The van der Waals surface area contributed by atoms with E-state index < -0.39 is 0 Å². The van der Waals surface area contributed by atoms with E-state index in [0.29, 0.717) is 17.6 Å². The third-order valence-corrected chi connectivity index (χ3v) is 4.14. The van der Waals surface area contributed by atoms with Crippen molar-refractivity contribution < 1.29 is 14.1 Å². The molecule has 0 bridgehead atoms. The molecule has 0 radical (unpaired) electrons. The van der Waals surface area contributed by atoms with Crippen LogP contribution in [0.2, 0.25) is 0 Å². The standard InChI is InChI=1S/C16H18N4O3/c1-9-14(11-4-2-3-5-12(11)22-9)19-16(21)17-8-13-18-15(23-20-13)10-6-7-10/h2-5,9-10,14H,6-8H2,1H3,(H2,17,19,21). The average Bonchev–Trinajstić information content (AvgIpc) is 3.21. The smallest absolute Gasteiger partial charge is 0.315 e. The van der Waals surface area contributed by atoms with E-state index in [1.54, 1.807) is 0 Å². The van der Waals surface area contributed by atoms with Gasteiger partial charge in [0.1, 0.15) is 11.9 Å². The number of rotatable bonds is 4. The highest BCUT2D eigenvalue weighted by Crippen LogP contribution is 2.38. The summed E-state index contributed by atoms with van der Waals surface area (Å²) >= 11 is 0. The Balaban J connectivity index is 1.34. The highest BCUT2D eigenvalue weighted by Gasteiger charge is 2.32. The van der Waals surface area contributed by atoms with Crippen molar-refractivity contribution in [2.45, 2.75) is 44.4 Å². The summed E-state index contributed by atoms with van der Waals surface area (Å²) in [5.74, 6) is 2.41. The molecule has 2 N–H and O–H groups in total. The number of benzene rings is 1. The average molecular weight is 314 g/mol. The van der Waals surface area contributed by atoms with Gasteiger partial charge in [-0.3, -0.25) is 0 Å². The SMILES string of the molecule is CC1Oc2ccccc2C1NC(=O)NCc1noc(C2CC2)n1. The number of carbonyl (C=O) groups is 1. The lowest BCUT2D eigenvalue weighted by atomic mass is 10.1. The summed E-state index contributed by atoms with van der Waals surface area (Å²) in [5, 5.41) is 9.57. The second-order valence-electron chi connectivity index (χ2n) is 5.99. The molecule has 2 aliphatic rings. The molecule has 2 heterocycles. The Morgan fingerprint density at radius 1 is 1.35 bits per heavy atom. The number of aromatic nitrogens is 2. The molecular formula is C16H18N4O3. The second kappa shape index (κ2) is 5.57. The predicted molar refractivity (Wildman–Crippen MR) is 80.9 cm³/mol. The molecule has 2 atom stereocenters. The maximum atomic E-state index is 12.1. The van der Waals surface area contributed by atoms with Crippen molar-refractivity contribution in [2.24, 2.45) is 0 Å². The van der Waals surface area contributed by atoms with Crippen molar-refractivity contribution in [3.8, 4) is 5.75 Å². The van der Waals surface area contributed by atoms with Crippen LogP contribution in [0.15, 0.2) is 28.8 Å². The summed E-state index contributed by atoms with van der Waals surface area (Å²) in [6.45, 7) is 2.18. The molecular weight excluding hydrogens is 296 g/mol. The van der Waals surface area contributed by atoms with Crippen LogP contribution in [0, 0.1) is 0 Å². The Morgan fingerprint density at radius 3 is 3.00 bits per heavy atom. The summed E-state index contributed by atoms with van der Waals surface area (Å²) in [4.78, 5) is 16.4. The molecule has 2 unspecified atom stereocenters. The van der Waals surface area contributed by atoms with Gasteiger partial charge in [0.15, 0.2) is 5.82 Å².